The first-order chi connectivity index (χ1) is 12.0. The monoisotopic (exact) mass is 382 g/mol. The van der Waals surface area contributed by atoms with Gasteiger partial charge in [0.25, 0.3) is 0 Å². The zero-order chi connectivity index (χ0) is 17.6. The molecule has 1 amide bonds. The molecule has 3 unspecified atom stereocenters. The number of hydrogen-bond donors (Lipinski definition) is 0. The van der Waals surface area contributed by atoms with Gasteiger partial charge in [-0.2, -0.15) is 4.31 Å². The molecule has 25 heavy (non-hydrogen) atoms. The van der Waals surface area contributed by atoms with Crippen LogP contribution < -0.4 is 0 Å². The molecule has 7 heteroatoms. The van der Waals surface area contributed by atoms with Gasteiger partial charge in [0.2, 0.25) is 15.9 Å². The Morgan fingerprint density at radius 2 is 1.76 bits per heavy atom. The highest BCUT2D eigenvalue weighted by atomic mass is 35.5. The molecule has 2 aliphatic carbocycles. The molecule has 1 heterocycles. The Morgan fingerprint density at radius 1 is 1.04 bits per heavy atom. The van der Waals surface area contributed by atoms with Gasteiger partial charge in [0.05, 0.1) is 5.02 Å². The molecule has 0 spiro atoms. The van der Waals surface area contributed by atoms with Crippen LogP contribution >= 0.6 is 11.6 Å². The number of amides is 1. The molecule has 5 nitrogen and oxygen atoms in total. The number of hydrogen-bond acceptors (Lipinski definition) is 3. The van der Waals surface area contributed by atoms with E-state index in [4.69, 9.17) is 11.6 Å². The molecule has 1 saturated heterocycles. The number of piperazine rings is 1. The molecule has 0 N–H and O–H groups in total. The fourth-order valence-electron chi connectivity index (χ4n) is 4.72. The van der Waals surface area contributed by atoms with Crippen LogP contribution in [0, 0.1) is 17.8 Å². The first-order valence-electron chi connectivity index (χ1n) is 9.00. The van der Waals surface area contributed by atoms with E-state index >= 15 is 0 Å². The van der Waals surface area contributed by atoms with E-state index < -0.39 is 10.0 Å². The molecule has 3 aliphatic rings. The van der Waals surface area contributed by atoms with E-state index in [1.807, 2.05) is 4.90 Å². The van der Waals surface area contributed by atoms with Crippen LogP contribution in [-0.2, 0) is 14.8 Å². The summed E-state index contributed by atoms with van der Waals surface area (Å²) in [5.74, 6) is 1.70. The number of nitrogens with zero attached hydrogens (tertiary/aromatic N) is 2. The van der Waals surface area contributed by atoms with Gasteiger partial charge in [-0.1, -0.05) is 30.2 Å². The SMILES string of the molecule is O=C(C1CC2CCC1C2)N1CCN(S(=O)(=O)c2ccccc2Cl)CC1. The summed E-state index contributed by atoms with van der Waals surface area (Å²) in [7, 11) is -3.61. The molecule has 3 atom stereocenters. The summed E-state index contributed by atoms with van der Waals surface area (Å²) < 4.78 is 27.0. The van der Waals surface area contributed by atoms with Gasteiger partial charge >= 0.3 is 0 Å². The van der Waals surface area contributed by atoms with E-state index in [2.05, 4.69) is 0 Å². The van der Waals surface area contributed by atoms with Crippen molar-refractivity contribution in [3.05, 3.63) is 29.3 Å². The topological polar surface area (TPSA) is 57.7 Å². The third-order valence-electron chi connectivity index (χ3n) is 6.06. The van der Waals surface area contributed by atoms with Gasteiger partial charge in [0.15, 0.2) is 0 Å². The predicted octanol–water partition coefficient (Wildman–Crippen LogP) is 2.61. The fraction of sp³-hybridized carbons (Fsp3) is 0.611. The van der Waals surface area contributed by atoms with E-state index in [-0.39, 0.29) is 21.7 Å². The van der Waals surface area contributed by atoms with Crippen LogP contribution in [0.4, 0.5) is 0 Å². The van der Waals surface area contributed by atoms with Crippen LogP contribution in [-0.4, -0.2) is 49.7 Å². The number of carbonyl (C=O) groups excluding carboxylic acids is 1. The number of fused-ring (bicyclic) bond motifs is 2. The minimum Gasteiger partial charge on any atom is -0.340 e. The minimum absolute atomic E-state index is 0.143. The van der Waals surface area contributed by atoms with Crippen molar-refractivity contribution in [1.29, 1.82) is 0 Å². The van der Waals surface area contributed by atoms with Gasteiger partial charge in [0.1, 0.15) is 4.90 Å². The van der Waals surface area contributed by atoms with Crippen molar-refractivity contribution >= 4 is 27.5 Å². The molecule has 1 aromatic rings. The maximum Gasteiger partial charge on any atom is 0.244 e. The summed E-state index contributed by atoms with van der Waals surface area (Å²) in [4.78, 5) is 14.8. The van der Waals surface area contributed by atoms with Gasteiger partial charge < -0.3 is 4.90 Å². The molecule has 4 rings (SSSR count). The Hall–Kier alpha value is -1.11. The smallest absolute Gasteiger partial charge is 0.244 e. The Balaban J connectivity index is 1.41. The van der Waals surface area contributed by atoms with E-state index in [1.165, 1.54) is 29.6 Å². The van der Waals surface area contributed by atoms with Crippen LogP contribution in [0.1, 0.15) is 25.7 Å². The number of halogens is 1. The van der Waals surface area contributed by atoms with Gasteiger partial charge in [-0.25, -0.2) is 8.42 Å². The van der Waals surface area contributed by atoms with E-state index in [1.54, 1.807) is 18.2 Å². The largest absolute Gasteiger partial charge is 0.340 e. The van der Waals surface area contributed by atoms with Gasteiger partial charge in [-0.3, -0.25) is 4.79 Å². The molecule has 0 radical (unpaired) electrons. The van der Waals surface area contributed by atoms with Gasteiger partial charge in [-0.15, -0.1) is 0 Å². The van der Waals surface area contributed by atoms with E-state index in [9.17, 15) is 13.2 Å². The summed E-state index contributed by atoms with van der Waals surface area (Å²) in [6, 6.07) is 6.51. The van der Waals surface area contributed by atoms with E-state index in [0.717, 1.165) is 12.3 Å². The average molecular weight is 383 g/mol. The molecular formula is C18H23ClN2O3S. The van der Waals surface area contributed by atoms with Gasteiger partial charge in [-0.05, 0) is 43.2 Å². The first kappa shape index (κ1) is 17.3. The highest BCUT2D eigenvalue weighted by Gasteiger charge is 2.45. The summed E-state index contributed by atoms with van der Waals surface area (Å²) >= 11 is 6.06. The lowest BCUT2D eigenvalue weighted by Crippen LogP contribution is -2.52. The standard InChI is InChI=1S/C18H23ClN2O3S/c19-16-3-1-2-4-17(16)25(23,24)21-9-7-20(8-10-21)18(22)15-12-13-5-6-14(15)11-13/h1-4,13-15H,5-12H2. The second-order valence-electron chi connectivity index (χ2n) is 7.44. The third-order valence-corrected chi connectivity index (χ3v) is 8.46. The van der Waals surface area contributed by atoms with Crippen molar-refractivity contribution in [2.75, 3.05) is 26.2 Å². The van der Waals surface area contributed by atoms with Crippen molar-refractivity contribution in [3.8, 4) is 0 Å². The molecule has 0 aromatic heterocycles. The minimum atomic E-state index is -3.61. The van der Waals surface area contributed by atoms with Crippen LogP contribution in [0.2, 0.25) is 5.02 Å². The highest BCUT2D eigenvalue weighted by Crippen LogP contribution is 2.48. The van der Waals surface area contributed by atoms with Crippen LogP contribution in [0.3, 0.4) is 0 Å². The number of carbonyl (C=O) groups is 1. The number of benzene rings is 1. The molecule has 2 saturated carbocycles. The van der Waals surface area contributed by atoms with Crippen molar-refractivity contribution in [1.82, 2.24) is 9.21 Å². The first-order valence-corrected chi connectivity index (χ1v) is 10.8. The third kappa shape index (κ3) is 3.09. The van der Waals surface area contributed by atoms with Crippen molar-refractivity contribution in [2.24, 2.45) is 17.8 Å². The zero-order valence-electron chi connectivity index (χ0n) is 14.1. The maximum atomic E-state index is 12.8. The lowest BCUT2D eigenvalue weighted by atomic mass is 9.87. The van der Waals surface area contributed by atoms with Gasteiger partial charge in [0, 0.05) is 32.1 Å². The van der Waals surface area contributed by atoms with E-state index in [0.29, 0.717) is 32.1 Å². The Kier molecular flexibility index (Phi) is 4.54. The Labute approximate surface area is 154 Å². The molecule has 2 bridgehead atoms. The lowest BCUT2D eigenvalue weighted by Gasteiger charge is -2.36. The van der Waals surface area contributed by atoms with Crippen LogP contribution in [0.5, 0.6) is 0 Å². The average Bonchev–Trinajstić information content (AvgIpc) is 3.25. The second kappa shape index (κ2) is 6.56. The van der Waals surface area contributed by atoms with Crippen molar-refractivity contribution < 1.29 is 13.2 Å². The second-order valence-corrected chi connectivity index (χ2v) is 9.75. The quantitative estimate of drug-likeness (QED) is 0.807. The number of rotatable bonds is 3. The normalized spacial score (nSPS) is 30.0. The Morgan fingerprint density at radius 3 is 2.36 bits per heavy atom. The lowest BCUT2D eigenvalue weighted by molar-refractivity contribution is -0.138. The highest BCUT2D eigenvalue weighted by molar-refractivity contribution is 7.89. The summed E-state index contributed by atoms with van der Waals surface area (Å²) in [6.45, 7) is 1.60. The molecular weight excluding hydrogens is 360 g/mol. The summed E-state index contributed by atoms with van der Waals surface area (Å²) in [6.07, 6.45) is 4.69. The van der Waals surface area contributed by atoms with Crippen molar-refractivity contribution in [3.63, 3.8) is 0 Å². The number of sulfonamides is 1. The fourth-order valence-corrected chi connectivity index (χ4v) is 6.64. The molecule has 3 fully saturated rings. The zero-order valence-corrected chi connectivity index (χ0v) is 15.7. The van der Waals surface area contributed by atoms with Crippen LogP contribution in [0.25, 0.3) is 0 Å². The maximum absolute atomic E-state index is 12.8. The molecule has 1 aliphatic heterocycles. The Bertz CT molecular complexity index is 774. The molecule has 1 aromatic carbocycles. The summed E-state index contributed by atoms with van der Waals surface area (Å²) in [5, 5.41) is 0.239. The predicted molar refractivity (Wildman–Crippen MR) is 95.7 cm³/mol. The molecule has 136 valence electrons. The summed E-state index contributed by atoms with van der Waals surface area (Å²) in [5.41, 5.74) is 0. The van der Waals surface area contributed by atoms with Crippen molar-refractivity contribution in [2.45, 2.75) is 30.6 Å². The van der Waals surface area contributed by atoms with Crippen LogP contribution in [0.15, 0.2) is 29.2 Å².